The van der Waals surface area contributed by atoms with Crippen LogP contribution in [-0.2, 0) is 16.6 Å². The van der Waals surface area contributed by atoms with Crippen molar-refractivity contribution >= 4 is 42.4 Å². The number of nitrogens with one attached hydrogen (secondary N) is 2. The number of aromatic nitrogens is 2. The van der Waals surface area contributed by atoms with Crippen molar-refractivity contribution in [2.24, 2.45) is 0 Å². The Hall–Kier alpha value is -0.970. The standard InChI is InChI=1S/C8H9BrN4O3S2/c1-10-3-5-2-6(7(9)16-5)18(14,15)13-8-12-11-4-17-8/h2,4,10H,3H2,1H3,(H,12,13). The number of hydrogen-bond donors (Lipinski definition) is 2. The number of nitrogens with zero attached hydrogens (tertiary/aromatic N) is 2. The molecular formula is C8H9BrN4O3S2. The average molecular weight is 353 g/mol. The Bertz CT molecular complexity index is 623. The third kappa shape index (κ3) is 2.88. The smallest absolute Gasteiger partial charge is 0.268 e. The van der Waals surface area contributed by atoms with Gasteiger partial charge in [0.05, 0.1) is 6.54 Å². The van der Waals surface area contributed by atoms with Crippen LogP contribution in [0.3, 0.4) is 0 Å². The van der Waals surface area contributed by atoms with Crippen LogP contribution in [0.1, 0.15) is 5.76 Å². The van der Waals surface area contributed by atoms with Crippen molar-refractivity contribution in [3.8, 4) is 0 Å². The second-order valence-electron chi connectivity index (χ2n) is 3.23. The van der Waals surface area contributed by atoms with Gasteiger partial charge in [-0.25, -0.2) is 8.42 Å². The Morgan fingerprint density at radius 2 is 2.33 bits per heavy atom. The summed E-state index contributed by atoms with van der Waals surface area (Å²) in [6.45, 7) is 0.437. The Morgan fingerprint density at radius 3 is 2.94 bits per heavy atom. The maximum absolute atomic E-state index is 12.1. The van der Waals surface area contributed by atoms with Crippen LogP contribution in [0.15, 0.2) is 25.6 Å². The first-order chi connectivity index (χ1) is 8.53. The highest BCUT2D eigenvalue weighted by Gasteiger charge is 2.23. The van der Waals surface area contributed by atoms with E-state index < -0.39 is 10.0 Å². The van der Waals surface area contributed by atoms with Gasteiger partial charge in [0.25, 0.3) is 10.0 Å². The Balaban J connectivity index is 2.29. The Morgan fingerprint density at radius 1 is 1.56 bits per heavy atom. The Labute approximate surface area is 116 Å². The molecular weight excluding hydrogens is 344 g/mol. The molecule has 0 aromatic carbocycles. The molecule has 2 N–H and O–H groups in total. The lowest BCUT2D eigenvalue weighted by Gasteiger charge is -2.01. The predicted molar refractivity (Wildman–Crippen MR) is 69.9 cm³/mol. The molecule has 0 fully saturated rings. The van der Waals surface area contributed by atoms with Gasteiger partial charge in [0.15, 0.2) is 4.67 Å². The summed E-state index contributed by atoms with van der Waals surface area (Å²) in [7, 11) is -1.98. The van der Waals surface area contributed by atoms with Crippen molar-refractivity contribution < 1.29 is 12.8 Å². The summed E-state index contributed by atoms with van der Waals surface area (Å²) in [5, 5.41) is 10.3. The van der Waals surface area contributed by atoms with Gasteiger partial charge in [0.2, 0.25) is 5.13 Å². The number of furan rings is 1. The second kappa shape index (κ2) is 5.34. The summed E-state index contributed by atoms with van der Waals surface area (Å²) in [5.74, 6) is 0.516. The van der Waals surface area contributed by atoms with Crippen molar-refractivity contribution in [3.05, 3.63) is 22.0 Å². The molecule has 0 saturated carbocycles. The van der Waals surface area contributed by atoms with Crippen LogP contribution in [-0.4, -0.2) is 25.7 Å². The van der Waals surface area contributed by atoms with Crippen LogP contribution >= 0.6 is 27.3 Å². The fraction of sp³-hybridized carbons (Fsp3) is 0.250. The summed E-state index contributed by atoms with van der Waals surface area (Å²) < 4.78 is 31.8. The topological polar surface area (TPSA) is 97.1 Å². The van der Waals surface area contributed by atoms with Crippen molar-refractivity contribution in [1.29, 1.82) is 0 Å². The maximum Gasteiger partial charge on any atom is 0.268 e. The van der Waals surface area contributed by atoms with Crippen molar-refractivity contribution in [3.63, 3.8) is 0 Å². The van der Waals surface area contributed by atoms with Crippen LogP contribution in [0.2, 0.25) is 0 Å². The van der Waals surface area contributed by atoms with Crippen LogP contribution in [0.4, 0.5) is 5.13 Å². The van der Waals surface area contributed by atoms with E-state index in [4.69, 9.17) is 4.42 Å². The van der Waals surface area contributed by atoms with E-state index >= 15 is 0 Å². The van der Waals surface area contributed by atoms with Crippen LogP contribution in [0, 0.1) is 0 Å². The number of rotatable bonds is 5. The first-order valence-corrected chi connectivity index (χ1v) is 7.90. The minimum Gasteiger partial charge on any atom is -0.451 e. The van der Waals surface area contributed by atoms with Crippen LogP contribution in [0.25, 0.3) is 0 Å². The zero-order valence-corrected chi connectivity index (χ0v) is 12.4. The zero-order valence-electron chi connectivity index (χ0n) is 9.18. The molecule has 10 heteroatoms. The molecule has 98 valence electrons. The minimum absolute atomic E-state index is 0.0305. The molecule has 0 saturated heterocycles. The van der Waals surface area contributed by atoms with E-state index in [9.17, 15) is 8.42 Å². The van der Waals surface area contributed by atoms with Crippen LogP contribution < -0.4 is 10.0 Å². The van der Waals surface area contributed by atoms with Crippen molar-refractivity contribution in [2.45, 2.75) is 11.4 Å². The summed E-state index contributed by atoms with van der Waals surface area (Å²) >= 11 is 4.18. The van der Waals surface area contributed by atoms with Gasteiger partial charge in [-0.2, -0.15) is 0 Å². The fourth-order valence-electron chi connectivity index (χ4n) is 1.23. The number of hydrogen-bond acceptors (Lipinski definition) is 7. The second-order valence-corrected chi connectivity index (χ2v) is 6.43. The normalized spacial score (nSPS) is 11.7. The first-order valence-electron chi connectivity index (χ1n) is 4.74. The van der Waals surface area contributed by atoms with Gasteiger partial charge in [-0.15, -0.1) is 10.2 Å². The molecule has 2 heterocycles. The number of sulfonamides is 1. The van der Waals surface area contributed by atoms with E-state index in [1.165, 1.54) is 11.6 Å². The van der Waals surface area contributed by atoms with E-state index in [0.29, 0.717) is 12.3 Å². The molecule has 0 aliphatic carbocycles. The molecule has 0 aliphatic heterocycles. The molecule has 2 aromatic rings. The predicted octanol–water partition coefficient (Wildman–Crippen LogP) is 1.41. The average Bonchev–Trinajstić information content (AvgIpc) is 2.88. The highest BCUT2D eigenvalue weighted by Crippen LogP contribution is 2.28. The lowest BCUT2D eigenvalue weighted by Crippen LogP contribution is -2.12. The van der Waals surface area contributed by atoms with E-state index in [1.54, 1.807) is 7.05 Å². The quantitative estimate of drug-likeness (QED) is 0.844. The molecule has 7 nitrogen and oxygen atoms in total. The minimum atomic E-state index is -3.72. The number of halogens is 1. The monoisotopic (exact) mass is 352 g/mol. The summed E-state index contributed by atoms with van der Waals surface area (Å²) in [6, 6.07) is 1.45. The molecule has 2 rings (SSSR count). The van der Waals surface area contributed by atoms with E-state index in [0.717, 1.165) is 11.3 Å². The summed E-state index contributed by atoms with van der Waals surface area (Å²) in [6.07, 6.45) is 0. The molecule has 0 aliphatic rings. The molecule has 0 atom stereocenters. The maximum atomic E-state index is 12.1. The first kappa shape index (κ1) is 13.5. The molecule has 2 aromatic heterocycles. The van der Waals surface area contributed by atoms with E-state index in [2.05, 4.69) is 36.2 Å². The van der Waals surface area contributed by atoms with E-state index in [-0.39, 0.29) is 14.7 Å². The third-order valence-corrected chi connectivity index (χ3v) is 4.86. The van der Waals surface area contributed by atoms with Gasteiger partial charge in [0, 0.05) is 6.07 Å². The lowest BCUT2D eigenvalue weighted by atomic mass is 10.4. The number of anilines is 1. The SMILES string of the molecule is CNCc1cc(S(=O)(=O)Nc2nncs2)c(Br)o1. The van der Waals surface area contributed by atoms with Gasteiger partial charge < -0.3 is 9.73 Å². The molecule has 0 unspecified atom stereocenters. The van der Waals surface area contributed by atoms with Gasteiger partial charge >= 0.3 is 0 Å². The summed E-state index contributed by atoms with van der Waals surface area (Å²) in [4.78, 5) is 0.0305. The molecule has 0 spiro atoms. The van der Waals surface area contributed by atoms with E-state index in [1.807, 2.05) is 0 Å². The highest BCUT2D eigenvalue weighted by molar-refractivity contribution is 9.10. The zero-order chi connectivity index (χ0) is 13.2. The Kier molecular flexibility index (Phi) is 4.00. The summed E-state index contributed by atoms with van der Waals surface area (Å²) in [5.41, 5.74) is 1.44. The van der Waals surface area contributed by atoms with Gasteiger partial charge in [-0.1, -0.05) is 11.3 Å². The van der Waals surface area contributed by atoms with Crippen molar-refractivity contribution in [1.82, 2.24) is 15.5 Å². The lowest BCUT2D eigenvalue weighted by molar-refractivity contribution is 0.470. The molecule has 0 bridgehead atoms. The third-order valence-electron chi connectivity index (χ3n) is 1.93. The highest BCUT2D eigenvalue weighted by atomic mass is 79.9. The van der Waals surface area contributed by atoms with Gasteiger partial charge in [0.1, 0.15) is 16.2 Å². The van der Waals surface area contributed by atoms with Gasteiger partial charge in [-0.05, 0) is 23.0 Å². The molecule has 18 heavy (non-hydrogen) atoms. The molecule has 0 radical (unpaired) electrons. The van der Waals surface area contributed by atoms with Gasteiger partial charge in [-0.3, -0.25) is 4.72 Å². The largest absolute Gasteiger partial charge is 0.451 e. The fourth-order valence-corrected chi connectivity index (χ4v) is 3.92. The van der Waals surface area contributed by atoms with Crippen molar-refractivity contribution in [2.75, 3.05) is 11.8 Å². The van der Waals surface area contributed by atoms with Crippen LogP contribution in [0.5, 0.6) is 0 Å². The molecule has 0 amide bonds.